The molecule has 0 amide bonds. The fraction of sp³-hybridized carbons (Fsp3) is 0.462. The smallest absolute Gasteiger partial charge is 0.123 e. The van der Waals surface area contributed by atoms with Crippen molar-refractivity contribution in [3.8, 4) is 5.75 Å². The second-order valence-electron chi connectivity index (χ2n) is 4.30. The summed E-state index contributed by atoms with van der Waals surface area (Å²) in [5, 5.41) is 0. The molecule has 0 aliphatic heterocycles. The second-order valence-corrected chi connectivity index (χ2v) is 4.83. The van der Waals surface area contributed by atoms with Gasteiger partial charge in [0.15, 0.2) is 0 Å². The fourth-order valence-corrected chi connectivity index (χ4v) is 1.90. The Morgan fingerprint density at radius 1 is 1.38 bits per heavy atom. The Balaban J connectivity index is 2.84. The summed E-state index contributed by atoms with van der Waals surface area (Å²) in [6, 6.07) is 4.21. The van der Waals surface area contributed by atoms with E-state index in [1.165, 1.54) is 16.7 Å². The predicted molar refractivity (Wildman–Crippen MR) is 72.1 cm³/mol. The van der Waals surface area contributed by atoms with Crippen LogP contribution in [-0.4, -0.2) is 11.1 Å². The summed E-state index contributed by atoms with van der Waals surface area (Å²) in [6.07, 6.45) is 0.638. The molecule has 88 valence electrons. The Kier molecular flexibility index (Phi) is 4.30. The van der Waals surface area contributed by atoms with Crippen molar-refractivity contribution in [1.29, 1.82) is 0 Å². The summed E-state index contributed by atoms with van der Waals surface area (Å²) < 4.78 is 5.85. The van der Waals surface area contributed by atoms with E-state index >= 15 is 0 Å². The molecular weight excluding hydrogens is 218 g/mol. The maximum absolute atomic E-state index is 5.85. The Morgan fingerprint density at radius 3 is 2.56 bits per heavy atom. The zero-order valence-corrected chi connectivity index (χ0v) is 11.1. The molecule has 0 bridgehead atoms. The maximum atomic E-state index is 5.85. The minimum absolute atomic E-state index is 0.0254. The standard InChI is InChI=1S/C13H19NOS/c1-8-5-9(2)11(4)12(6-8)15-10(3)7-13(14)16/h5-6,10H,7H2,1-4H3,(H2,14,16). The number of hydrogen-bond acceptors (Lipinski definition) is 2. The lowest BCUT2D eigenvalue weighted by atomic mass is 10.1. The van der Waals surface area contributed by atoms with Crippen molar-refractivity contribution >= 4 is 17.2 Å². The lowest BCUT2D eigenvalue weighted by Gasteiger charge is -2.17. The number of rotatable bonds is 4. The van der Waals surface area contributed by atoms with E-state index in [9.17, 15) is 0 Å². The summed E-state index contributed by atoms with van der Waals surface area (Å²) in [5.41, 5.74) is 9.13. The molecule has 0 fully saturated rings. The molecule has 1 rings (SSSR count). The number of aryl methyl sites for hydroxylation is 2. The second kappa shape index (κ2) is 5.30. The van der Waals surface area contributed by atoms with Crippen molar-refractivity contribution in [3.05, 3.63) is 28.8 Å². The largest absolute Gasteiger partial charge is 0.490 e. The predicted octanol–water partition coefficient (Wildman–Crippen LogP) is 3.06. The molecule has 1 aromatic carbocycles. The Morgan fingerprint density at radius 2 is 2.00 bits per heavy atom. The normalized spacial score (nSPS) is 12.2. The molecule has 1 aromatic rings. The van der Waals surface area contributed by atoms with Gasteiger partial charge in [0.2, 0.25) is 0 Å². The van der Waals surface area contributed by atoms with Crippen LogP contribution in [0.1, 0.15) is 30.0 Å². The highest BCUT2D eigenvalue weighted by molar-refractivity contribution is 7.80. The maximum Gasteiger partial charge on any atom is 0.123 e. The van der Waals surface area contributed by atoms with Crippen LogP contribution in [0.15, 0.2) is 12.1 Å². The van der Waals surface area contributed by atoms with E-state index in [1.807, 2.05) is 6.92 Å². The van der Waals surface area contributed by atoms with Gasteiger partial charge in [0.1, 0.15) is 11.9 Å². The molecule has 3 heteroatoms. The third-order valence-electron chi connectivity index (χ3n) is 2.58. The molecule has 0 heterocycles. The molecule has 2 nitrogen and oxygen atoms in total. The average molecular weight is 237 g/mol. The zero-order valence-electron chi connectivity index (χ0n) is 10.3. The molecule has 1 unspecified atom stereocenters. The highest BCUT2D eigenvalue weighted by atomic mass is 32.1. The molecule has 0 saturated heterocycles. The van der Waals surface area contributed by atoms with Gasteiger partial charge in [-0.15, -0.1) is 0 Å². The SMILES string of the molecule is Cc1cc(C)c(C)c(OC(C)CC(N)=S)c1. The van der Waals surface area contributed by atoms with Crippen molar-refractivity contribution < 1.29 is 4.74 Å². The van der Waals surface area contributed by atoms with Gasteiger partial charge in [-0.25, -0.2) is 0 Å². The van der Waals surface area contributed by atoms with Crippen LogP contribution in [0.25, 0.3) is 0 Å². The van der Waals surface area contributed by atoms with Gasteiger partial charge >= 0.3 is 0 Å². The monoisotopic (exact) mass is 237 g/mol. The van der Waals surface area contributed by atoms with E-state index in [-0.39, 0.29) is 6.10 Å². The summed E-state index contributed by atoms with van der Waals surface area (Å²) in [7, 11) is 0. The van der Waals surface area contributed by atoms with E-state index in [4.69, 9.17) is 22.7 Å². The first-order chi connectivity index (χ1) is 7.40. The first kappa shape index (κ1) is 13.0. The van der Waals surface area contributed by atoms with Crippen molar-refractivity contribution in [2.24, 2.45) is 5.73 Å². The zero-order chi connectivity index (χ0) is 12.3. The number of nitrogens with two attached hydrogens (primary N) is 1. The highest BCUT2D eigenvalue weighted by Gasteiger charge is 2.09. The molecule has 1 atom stereocenters. The van der Waals surface area contributed by atoms with Crippen LogP contribution in [0.2, 0.25) is 0 Å². The molecule has 0 aliphatic rings. The Hall–Kier alpha value is -1.09. The number of ether oxygens (including phenoxy) is 1. The Bertz CT molecular complexity index is 401. The van der Waals surface area contributed by atoms with Crippen LogP contribution < -0.4 is 10.5 Å². The quantitative estimate of drug-likeness (QED) is 0.817. The van der Waals surface area contributed by atoms with Crippen molar-refractivity contribution in [1.82, 2.24) is 0 Å². The van der Waals surface area contributed by atoms with Crippen molar-refractivity contribution in [2.45, 2.75) is 40.2 Å². The van der Waals surface area contributed by atoms with Crippen LogP contribution >= 0.6 is 12.2 Å². The minimum Gasteiger partial charge on any atom is -0.490 e. The van der Waals surface area contributed by atoms with E-state index in [0.29, 0.717) is 11.4 Å². The third kappa shape index (κ3) is 3.49. The fourth-order valence-electron chi connectivity index (χ4n) is 1.66. The van der Waals surface area contributed by atoms with E-state index in [0.717, 1.165) is 5.75 Å². The summed E-state index contributed by atoms with van der Waals surface area (Å²) in [6.45, 7) is 8.21. The number of benzene rings is 1. The van der Waals surface area contributed by atoms with Crippen LogP contribution in [0.4, 0.5) is 0 Å². The molecule has 0 aromatic heterocycles. The van der Waals surface area contributed by atoms with Gasteiger partial charge < -0.3 is 10.5 Å². The van der Waals surface area contributed by atoms with Gasteiger partial charge in [-0.05, 0) is 50.5 Å². The molecule has 0 saturated carbocycles. The van der Waals surface area contributed by atoms with Crippen LogP contribution in [0.3, 0.4) is 0 Å². The topological polar surface area (TPSA) is 35.2 Å². The first-order valence-corrected chi connectivity index (χ1v) is 5.83. The molecule has 0 spiro atoms. The molecule has 0 aliphatic carbocycles. The van der Waals surface area contributed by atoms with E-state index in [2.05, 4.69) is 32.9 Å². The van der Waals surface area contributed by atoms with E-state index in [1.54, 1.807) is 0 Å². The van der Waals surface area contributed by atoms with Gasteiger partial charge in [-0.1, -0.05) is 18.3 Å². The van der Waals surface area contributed by atoms with E-state index < -0.39 is 0 Å². The summed E-state index contributed by atoms with van der Waals surface area (Å²) in [4.78, 5) is 0.495. The lowest BCUT2D eigenvalue weighted by Crippen LogP contribution is -2.21. The molecule has 2 N–H and O–H groups in total. The molecular formula is C13H19NOS. The number of thiocarbonyl (C=S) groups is 1. The van der Waals surface area contributed by atoms with Gasteiger partial charge in [0, 0.05) is 6.42 Å². The average Bonchev–Trinajstić information content (AvgIpc) is 2.11. The molecule has 16 heavy (non-hydrogen) atoms. The lowest BCUT2D eigenvalue weighted by molar-refractivity contribution is 0.228. The number of hydrogen-bond donors (Lipinski definition) is 1. The van der Waals surface area contributed by atoms with Gasteiger partial charge in [0.05, 0.1) is 4.99 Å². The van der Waals surface area contributed by atoms with Crippen LogP contribution in [0.5, 0.6) is 5.75 Å². The van der Waals surface area contributed by atoms with Crippen molar-refractivity contribution in [3.63, 3.8) is 0 Å². The van der Waals surface area contributed by atoms with Crippen LogP contribution in [0, 0.1) is 20.8 Å². The summed E-state index contributed by atoms with van der Waals surface area (Å²) in [5.74, 6) is 0.932. The molecule has 0 radical (unpaired) electrons. The van der Waals surface area contributed by atoms with Gasteiger partial charge in [0.25, 0.3) is 0 Å². The Labute approximate surface area is 103 Å². The minimum atomic E-state index is 0.0254. The third-order valence-corrected chi connectivity index (χ3v) is 2.75. The van der Waals surface area contributed by atoms with Gasteiger partial charge in [-0.2, -0.15) is 0 Å². The highest BCUT2D eigenvalue weighted by Crippen LogP contribution is 2.24. The first-order valence-electron chi connectivity index (χ1n) is 5.43. The van der Waals surface area contributed by atoms with Crippen LogP contribution in [-0.2, 0) is 0 Å². The summed E-state index contributed by atoms with van der Waals surface area (Å²) >= 11 is 4.87. The van der Waals surface area contributed by atoms with Gasteiger partial charge in [-0.3, -0.25) is 0 Å². The van der Waals surface area contributed by atoms with Crippen molar-refractivity contribution in [2.75, 3.05) is 0 Å².